The molecule has 110 valence electrons. The lowest BCUT2D eigenvalue weighted by Gasteiger charge is -2.03. The number of carbonyl (C=O) groups excluding carboxylic acids is 1. The zero-order chi connectivity index (χ0) is 15.5. The van der Waals surface area contributed by atoms with Crippen LogP contribution in [0.1, 0.15) is 11.1 Å². The molecule has 5 heteroatoms. The fraction of sp³-hybridized carbons (Fsp3) is 0.0588. The Morgan fingerprint density at radius 2 is 2.00 bits per heavy atom. The summed E-state index contributed by atoms with van der Waals surface area (Å²) in [6.45, 7) is 0. The average Bonchev–Trinajstić information content (AvgIpc) is 2.89. The third-order valence-electron chi connectivity index (χ3n) is 3.23. The lowest BCUT2D eigenvalue weighted by molar-refractivity contribution is -0.115. The molecule has 2 aromatic carbocycles. The summed E-state index contributed by atoms with van der Waals surface area (Å²) >= 11 is 0. The van der Waals surface area contributed by atoms with Gasteiger partial charge in [0.2, 0.25) is 0 Å². The molecule has 0 radical (unpaired) electrons. The molecular weight excluding hydrogens is 283 g/mol. The first-order valence-corrected chi connectivity index (χ1v) is 6.68. The highest BCUT2D eigenvalue weighted by Gasteiger charge is 2.21. The van der Waals surface area contributed by atoms with Crippen molar-refractivity contribution in [3.05, 3.63) is 71.2 Å². The minimum Gasteiger partial charge on any atom is -0.496 e. The summed E-state index contributed by atoms with van der Waals surface area (Å²) in [6.07, 6.45) is 1.64. The van der Waals surface area contributed by atoms with Crippen LogP contribution < -0.4 is 10.1 Å². The maximum absolute atomic E-state index is 13.3. The van der Waals surface area contributed by atoms with Gasteiger partial charge in [0, 0.05) is 11.1 Å². The highest BCUT2D eigenvalue weighted by molar-refractivity contribution is 6.19. The van der Waals surface area contributed by atoms with Gasteiger partial charge < -0.3 is 10.1 Å². The predicted octanol–water partition coefficient (Wildman–Crippen LogP) is 2.75. The predicted molar refractivity (Wildman–Crippen MR) is 82.1 cm³/mol. The van der Waals surface area contributed by atoms with Crippen molar-refractivity contribution in [2.45, 2.75) is 0 Å². The Morgan fingerprint density at radius 1 is 1.18 bits per heavy atom. The zero-order valence-electron chi connectivity index (χ0n) is 11.8. The third-order valence-corrected chi connectivity index (χ3v) is 3.23. The normalized spacial score (nSPS) is 15.6. The van der Waals surface area contributed by atoms with Crippen LogP contribution in [0.4, 0.5) is 4.39 Å². The molecule has 0 spiro atoms. The summed E-state index contributed by atoms with van der Waals surface area (Å²) in [4.78, 5) is 16.3. The number of carbonyl (C=O) groups is 1. The Labute approximate surface area is 127 Å². The SMILES string of the molecule is COc1ccccc1/C=C1\N=C(c2cccc(F)c2)NC1=O. The Hall–Kier alpha value is -2.95. The molecule has 1 heterocycles. The second kappa shape index (κ2) is 5.81. The van der Waals surface area contributed by atoms with Crippen molar-refractivity contribution >= 4 is 17.8 Å². The van der Waals surface area contributed by atoms with E-state index in [0.717, 1.165) is 5.56 Å². The molecule has 0 aliphatic carbocycles. The molecule has 0 atom stereocenters. The zero-order valence-corrected chi connectivity index (χ0v) is 11.8. The molecule has 3 rings (SSSR count). The number of nitrogens with one attached hydrogen (secondary N) is 1. The molecule has 0 aromatic heterocycles. The number of para-hydroxylation sites is 1. The van der Waals surface area contributed by atoms with Gasteiger partial charge in [0.05, 0.1) is 7.11 Å². The molecule has 4 nitrogen and oxygen atoms in total. The maximum Gasteiger partial charge on any atom is 0.275 e. The van der Waals surface area contributed by atoms with Gasteiger partial charge >= 0.3 is 0 Å². The van der Waals surface area contributed by atoms with Gasteiger partial charge in [-0.25, -0.2) is 9.38 Å². The van der Waals surface area contributed by atoms with Gasteiger partial charge in [-0.15, -0.1) is 0 Å². The summed E-state index contributed by atoms with van der Waals surface area (Å²) in [6, 6.07) is 13.2. The van der Waals surface area contributed by atoms with Crippen LogP contribution in [0.2, 0.25) is 0 Å². The Morgan fingerprint density at radius 3 is 2.77 bits per heavy atom. The Kier molecular flexibility index (Phi) is 3.70. The molecule has 0 fully saturated rings. The van der Waals surface area contributed by atoms with Gasteiger partial charge in [-0.2, -0.15) is 0 Å². The third kappa shape index (κ3) is 2.74. The number of nitrogens with zero attached hydrogens (tertiary/aromatic N) is 1. The second-order valence-corrected chi connectivity index (χ2v) is 4.70. The summed E-state index contributed by atoms with van der Waals surface area (Å²) in [5, 5.41) is 2.64. The van der Waals surface area contributed by atoms with Crippen molar-refractivity contribution in [2.75, 3.05) is 7.11 Å². The van der Waals surface area contributed by atoms with E-state index in [0.29, 0.717) is 17.1 Å². The van der Waals surface area contributed by atoms with Crippen LogP contribution >= 0.6 is 0 Å². The van der Waals surface area contributed by atoms with Crippen molar-refractivity contribution in [1.29, 1.82) is 0 Å². The fourth-order valence-corrected chi connectivity index (χ4v) is 2.17. The number of amides is 1. The quantitative estimate of drug-likeness (QED) is 0.885. The van der Waals surface area contributed by atoms with Crippen LogP contribution in [0.25, 0.3) is 6.08 Å². The number of benzene rings is 2. The Bertz CT molecular complexity index is 797. The number of hydrogen-bond acceptors (Lipinski definition) is 3. The standard InChI is InChI=1S/C17H13FN2O2/c1-22-15-8-3-2-5-11(15)10-14-17(21)20-16(19-14)12-6-4-7-13(18)9-12/h2-10H,1H3,(H,19,20,21)/b14-10-. The summed E-state index contributed by atoms with van der Waals surface area (Å²) in [7, 11) is 1.56. The van der Waals surface area contributed by atoms with E-state index in [2.05, 4.69) is 10.3 Å². The average molecular weight is 296 g/mol. The molecule has 2 aromatic rings. The number of methoxy groups -OCH3 is 1. The summed E-state index contributed by atoms with van der Waals surface area (Å²) in [5.74, 6) is 0.282. The lowest BCUT2D eigenvalue weighted by atomic mass is 10.1. The van der Waals surface area contributed by atoms with Gasteiger partial charge in [0.1, 0.15) is 23.1 Å². The van der Waals surface area contributed by atoms with E-state index in [4.69, 9.17) is 4.74 Å². The van der Waals surface area contributed by atoms with E-state index in [-0.39, 0.29) is 17.4 Å². The first kappa shape index (κ1) is 14.0. The minimum atomic E-state index is -0.378. The molecule has 0 bridgehead atoms. The van der Waals surface area contributed by atoms with Crippen LogP contribution in [0.3, 0.4) is 0 Å². The van der Waals surface area contributed by atoms with Crippen molar-refractivity contribution in [1.82, 2.24) is 5.32 Å². The van der Waals surface area contributed by atoms with Crippen molar-refractivity contribution < 1.29 is 13.9 Å². The largest absolute Gasteiger partial charge is 0.496 e. The molecule has 22 heavy (non-hydrogen) atoms. The van der Waals surface area contributed by atoms with Gasteiger partial charge in [-0.3, -0.25) is 4.79 Å². The van der Waals surface area contributed by atoms with Gasteiger partial charge in [-0.05, 0) is 24.3 Å². The van der Waals surface area contributed by atoms with Gasteiger partial charge in [0.25, 0.3) is 5.91 Å². The molecule has 0 saturated heterocycles. The highest BCUT2D eigenvalue weighted by Crippen LogP contribution is 2.22. The van der Waals surface area contributed by atoms with Crippen molar-refractivity contribution in [3.8, 4) is 5.75 Å². The van der Waals surface area contributed by atoms with E-state index in [1.54, 1.807) is 31.4 Å². The molecule has 0 saturated carbocycles. The molecule has 1 aliphatic heterocycles. The highest BCUT2D eigenvalue weighted by atomic mass is 19.1. The number of aliphatic imine (C=N–C) groups is 1. The Balaban J connectivity index is 1.98. The lowest BCUT2D eigenvalue weighted by Crippen LogP contribution is -2.24. The smallest absolute Gasteiger partial charge is 0.275 e. The summed E-state index contributed by atoms with van der Waals surface area (Å²) < 4.78 is 18.5. The maximum atomic E-state index is 13.3. The molecule has 1 N–H and O–H groups in total. The summed E-state index contributed by atoms with van der Waals surface area (Å²) in [5.41, 5.74) is 1.53. The van der Waals surface area contributed by atoms with Gasteiger partial charge in [-0.1, -0.05) is 30.3 Å². The van der Waals surface area contributed by atoms with Crippen LogP contribution in [-0.2, 0) is 4.79 Å². The fourth-order valence-electron chi connectivity index (χ4n) is 2.17. The number of ether oxygens (including phenoxy) is 1. The first-order valence-electron chi connectivity index (χ1n) is 6.68. The van der Waals surface area contributed by atoms with Crippen LogP contribution in [0, 0.1) is 5.82 Å². The first-order chi connectivity index (χ1) is 10.7. The van der Waals surface area contributed by atoms with Crippen molar-refractivity contribution in [2.24, 2.45) is 4.99 Å². The van der Waals surface area contributed by atoms with Crippen molar-refractivity contribution in [3.63, 3.8) is 0 Å². The van der Waals surface area contributed by atoms with E-state index >= 15 is 0 Å². The second-order valence-electron chi connectivity index (χ2n) is 4.70. The number of amidine groups is 1. The molecule has 1 amide bonds. The number of rotatable bonds is 3. The van der Waals surface area contributed by atoms with Gasteiger partial charge in [0.15, 0.2) is 0 Å². The molecule has 0 unspecified atom stereocenters. The monoisotopic (exact) mass is 296 g/mol. The van der Waals surface area contributed by atoms with Crippen LogP contribution in [0.5, 0.6) is 5.75 Å². The molecular formula is C17H13FN2O2. The van der Waals surface area contributed by atoms with Crippen LogP contribution in [-0.4, -0.2) is 18.9 Å². The number of hydrogen-bond donors (Lipinski definition) is 1. The van der Waals surface area contributed by atoms with Crippen LogP contribution in [0.15, 0.2) is 59.2 Å². The van der Waals surface area contributed by atoms with E-state index in [1.165, 1.54) is 12.1 Å². The van der Waals surface area contributed by atoms with E-state index < -0.39 is 0 Å². The van der Waals surface area contributed by atoms with E-state index in [9.17, 15) is 9.18 Å². The van der Waals surface area contributed by atoms with E-state index in [1.807, 2.05) is 18.2 Å². The molecule has 1 aliphatic rings. The number of halogens is 1. The minimum absolute atomic E-state index is 0.253. The topological polar surface area (TPSA) is 50.7 Å².